The van der Waals surface area contributed by atoms with Gasteiger partial charge in [0.25, 0.3) is 0 Å². The van der Waals surface area contributed by atoms with Crippen LogP contribution in [0.2, 0.25) is 0 Å². The number of nitrogens with one attached hydrogen (secondary N) is 1. The van der Waals surface area contributed by atoms with Crippen LogP contribution in [0.3, 0.4) is 0 Å². The third kappa shape index (κ3) is 2.43. The van der Waals surface area contributed by atoms with Crippen molar-refractivity contribution in [1.29, 1.82) is 0 Å². The molecule has 1 aromatic heterocycles. The zero-order chi connectivity index (χ0) is 13.2. The van der Waals surface area contributed by atoms with Gasteiger partial charge in [-0.05, 0) is 49.6 Å². The summed E-state index contributed by atoms with van der Waals surface area (Å²) >= 11 is 0. The molecule has 1 aromatic carbocycles. The summed E-state index contributed by atoms with van der Waals surface area (Å²) in [5.74, 6) is -0.164. The largest absolute Gasteiger partial charge is 0.361 e. The van der Waals surface area contributed by atoms with E-state index in [1.807, 2.05) is 18.3 Å². The predicted octanol–water partition coefficient (Wildman–Crippen LogP) is 3.50. The van der Waals surface area contributed by atoms with Crippen molar-refractivity contribution in [3.63, 3.8) is 0 Å². The van der Waals surface area contributed by atoms with Gasteiger partial charge in [-0.2, -0.15) is 0 Å². The van der Waals surface area contributed by atoms with E-state index in [1.54, 1.807) is 6.07 Å². The second-order valence-electron chi connectivity index (χ2n) is 5.29. The minimum absolute atomic E-state index is 0.164. The molecule has 0 amide bonds. The average molecular weight is 258 g/mol. The molecule has 1 N–H and O–H groups in total. The van der Waals surface area contributed by atoms with Gasteiger partial charge in [0.05, 0.1) is 0 Å². The van der Waals surface area contributed by atoms with Crippen molar-refractivity contribution in [2.75, 3.05) is 13.1 Å². The summed E-state index contributed by atoms with van der Waals surface area (Å²) in [7, 11) is 0. The molecule has 1 aliphatic rings. The molecule has 1 saturated heterocycles. The number of hydrogen-bond acceptors (Lipinski definition) is 1. The first-order valence-electron chi connectivity index (χ1n) is 6.88. The zero-order valence-corrected chi connectivity index (χ0v) is 11.0. The molecule has 0 saturated carbocycles. The molecule has 0 radical (unpaired) electrons. The van der Waals surface area contributed by atoms with Gasteiger partial charge in [-0.1, -0.05) is 6.08 Å². The van der Waals surface area contributed by atoms with E-state index in [9.17, 15) is 4.39 Å². The van der Waals surface area contributed by atoms with E-state index < -0.39 is 0 Å². The Morgan fingerprint density at radius 3 is 3.21 bits per heavy atom. The van der Waals surface area contributed by atoms with Crippen molar-refractivity contribution in [3.05, 3.63) is 48.4 Å². The molecule has 1 unspecified atom stereocenters. The molecule has 3 heteroatoms. The molecule has 0 bridgehead atoms. The van der Waals surface area contributed by atoms with Crippen LogP contribution < -0.4 is 0 Å². The lowest BCUT2D eigenvalue weighted by Gasteiger charge is -2.22. The lowest BCUT2D eigenvalue weighted by atomic mass is 10.0. The second-order valence-corrected chi connectivity index (χ2v) is 5.29. The normalized spacial score (nSPS) is 20.2. The van der Waals surface area contributed by atoms with E-state index in [1.165, 1.54) is 24.5 Å². The van der Waals surface area contributed by atoms with Gasteiger partial charge in [-0.3, -0.25) is 4.90 Å². The van der Waals surface area contributed by atoms with E-state index in [-0.39, 0.29) is 5.82 Å². The predicted molar refractivity (Wildman–Crippen MR) is 76.8 cm³/mol. The van der Waals surface area contributed by atoms with Gasteiger partial charge in [0, 0.05) is 29.7 Å². The van der Waals surface area contributed by atoms with E-state index in [0.717, 1.165) is 30.4 Å². The molecule has 0 spiro atoms. The van der Waals surface area contributed by atoms with Crippen LogP contribution in [-0.4, -0.2) is 29.0 Å². The molecule has 3 rings (SSSR count). The summed E-state index contributed by atoms with van der Waals surface area (Å²) in [6, 6.07) is 5.50. The third-order valence-corrected chi connectivity index (χ3v) is 4.05. The number of rotatable bonds is 4. The maximum Gasteiger partial charge on any atom is 0.123 e. The Balaban J connectivity index is 1.84. The molecular weight excluding hydrogens is 239 g/mol. The lowest BCUT2D eigenvalue weighted by Crippen LogP contribution is -2.31. The van der Waals surface area contributed by atoms with Gasteiger partial charge >= 0.3 is 0 Å². The Labute approximate surface area is 112 Å². The third-order valence-electron chi connectivity index (χ3n) is 4.05. The van der Waals surface area contributed by atoms with Gasteiger partial charge in [-0.25, -0.2) is 4.39 Å². The molecule has 19 heavy (non-hydrogen) atoms. The summed E-state index contributed by atoms with van der Waals surface area (Å²) in [5.41, 5.74) is 2.24. The molecule has 1 atom stereocenters. The molecule has 1 fully saturated rings. The second kappa shape index (κ2) is 5.17. The minimum Gasteiger partial charge on any atom is -0.361 e. The summed E-state index contributed by atoms with van der Waals surface area (Å²) in [5, 5.41) is 1.02. The van der Waals surface area contributed by atoms with Crippen molar-refractivity contribution >= 4 is 10.9 Å². The lowest BCUT2D eigenvalue weighted by molar-refractivity contribution is 0.280. The molecule has 2 nitrogen and oxygen atoms in total. The monoisotopic (exact) mass is 258 g/mol. The number of aromatic amines is 1. The van der Waals surface area contributed by atoms with E-state index in [0.29, 0.717) is 6.04 Å². The van der Waals surface area contributed by atoms with Gasteiger partial charge < -0.3 is 4.98 Å². The molecular formula is C16H19FN2. The first-order valence-corrected chi connectivity index (χ1v) is 6.88. The highest BCUT2D eigenvalue weighted by atomic mass is 19.1. The fourth-order valence-electron chi connectivity index (χ4n) is 3.11. The Morgan fingerprint density at radius 1 is 1.47 bits per heavy atom. The van der Waals surface area contributed by atoms with Gasteiger partial charge in [0.2, 0.25) is 0 Å². The molecule has 100 valence electrons. The van der Waals surface area contributed by atoms with Gasteiger partial charge in [0.15, 0.2) is 0 Å². The molecule has 1 aliphatic heterocycles. The SMILES string of the molecule is C=CCN1CCCC1Cc1c[nH]c2ccc(F)cc12. The topological polar surface area (TPSA) is 19.0 Å². The summed E-state index contributed by atoms with van der Waals surface area (Å²) < 4.78 is 13.4. The van der Waals surface area contributed by atoms with Crippen LogP contribution in [0, 0.1) is 5.82 Å². The van der Waals surface area contributed by atoms with Crippen molar-refractivity contribution in [2.45, 2.75) is 25.3 Å². The van der Waals surface area contributed by atoms with Crippen LogP contribution in [0.25, 0.3) is 10.9 Å². The highest BCUT2D eigenvalue weighted by Crippen LogP contribution is 2.25. The zero-order valence-electron chi connectivity index (χ0n) is 11.0. The maximum atomic E-state index is 13.4. The van der Waals surface area contributed by atoms with Crippen LogP contribution in [-0.2, 0) is 6.42 Å². The Kier molecular flexibility index (Phi) is 3.38. The number of fused-ring (bicyclic) bond motifs is 1. The molecule has 0 aliphatic carbocycles. The van der Waals surface area contributed by atoms with Crippen molar-refractivity contribution in [3.8, 4) is 0 Å². The van der Waals surface area contributed by atoms with Crippen LogP contribution in [0.4, 0.5) is 4.39 Å². The summed E-state index contributed by atoms with van der Waals surface area (Å²) in [6.45, 7) is 5.91. The van der Waals surface area contributed by atoms with Crippen LogP contribution >= 0.6 is 0 Å². The van der Waals surface area contributed by atoms with Crippen molar-refractivity contribution < 1.29 is 4.39 Å². The summed E-state index contributed by atoms with van der Waals surface area (Å²) in [6.07, 6.45) is 7.43. The minimum atomic E-state index is -0.164. The van der Waals surface area contributed by atoms with Crippen molar-refractivity contribution in [2.24, 2.45) is 0 Å². The molecule has 2 aromatic rings. The Hall–Kier alpha value is -1.61. The van der Waals surface area contributed by atoms with E-state index in [2.05, 4.69) is 16.5 Å². The summed E-state index contributed by atoms with van der Waals surface area (Å²) in [4.78, 5) is 5.69. The molecule has 2 heterocycles. The van der Waals surface area contributed by atoms with E-state index in [4.69, 9.17) is 0 Å². The fourth-order valence-corrected chi connectivity index (χ4v) is 3.11. The number of nitrogens with zero attached hydrogens (tertiary/aromatic N) is 1. The smallest absolute Gasteiger partial charge is 0.123 e. The van der Waals surface area contributed by atoms with Gasteiger partial charge in [-0.15, -0.1) is 6.58 Å². The van der Waals surface area contributed by atoms with E-state index >= 15 is 0 Å². The first-order chi connectivity index (χ1) is 9.28. The average Bonchev–Trinajstić information content (AvgIpc) is 2.99. The highest BCUT2D eigenvalue weighted by Gasteiger charge is 2.24. The number of likely N-dealkylation sites (tertiary alicyclic amines) is 1. The highest BCUT2D eigenvalue weighted by molar-refractivity contribution is 5.83. The fraction of sp³-hybridized carbons (Fsp3) is 0.375. The van der Waals surface area contributed by atoms with Gasteiger partial charge in [0.1, 0.15) is 5.82 Å². The number of benzene rings is 1. The quantitative estimate of drug-likeness (QED) is 0.832. The standard InChI is InChI=1S/C16H19FN2/c1-2-7-19-8-3-4-14(19)9-12-11-18-16-6-5-13(17)10-15(12)16/h2,5-6,10-11,14,18H,1,3-4,7-9H2. The Bertz CT molecular complexity index is 587. The number of aromatic nitrogens is 1. The van der Waals surface area contributed by atoms with Crippen molar-refractivity contribution in [1.82, 2.24) is 9.88 Å². The van der Waals surface area contributed by atoms with Crippen LogP contribution in [0.1, 0.15) is 18.4 Å². The maximum absolute atomic E-state index is 13.4. The first kappa shape index (κ1) is 12.4. The number of hydrogen-bond donors (Lipinski definition) is 1. The Morgan fingerprint density at radius 2 is 2.37 bits per heavy atom. The van der Waals surface area contributed by atoms with Crippen LogP contribution in [0.15, 0.2) is 37.1 Å². The van der Waals surface area contributed by atoms with Crippen LogP contribution in [0.5, 0.6) is 0 Å². The number of halogens is 1. The number of H-pyrrole nitrogens is 1.